The average Bonchev–Trinajstić information content (AvgIpc) is 3.08. The van der Waals surface area contributed by atoms with Crippen molar-refractivity contribution in [1.82, 2.24) is 15.5 Å². The van der Waals surface area contributed by atoms with Gasteiger partial charge >= 0.3 is 12.1 Å². The van der Waals surface area contributed by atoms with E-state index in [-0.39, 0.29) is 30.4 Å². The van der Waals surface area contributed by atoms with E-state index in [0.717, 1.165) is 0 Å². The zero-order chi connectivity index (χ0) is 18.3. The van der Waals surface area contributed by atoms with Crippen LogP contribution < -0.4 is 11.1 Å². The van der Waals surface area contributed by atoms with Crippen LogP contribution in [-0.2, 0) is 11.0 Å². The fraction of sp³-hybridized carbons (Fsp3) is 0.286. The molecule has 3 N–H and O–H groups in total. The molecule has 2 rings (SSSR count). The number of amides is 1. The molecule has 0 radical (unpaired) electrons. The molecule has 1 aromatic carbocycles. The Labute approximate surface area is 139 Å². The molecule has 0 spiro atoms. The van der Waals surface area contributed by atoms with Gasteiger partial charge in [0, 0.05) is 17.7 Å². The number of hydrogen-bond donors (Lipinski definition) is 2. The van der Waals surface area contributed by atoms with Gasteiger partial charge in [0.1, 0.15) is 6.61 Å². The van der Waals surface area contributed by atoms with Gasteiger partial charge in [0.15, 0.2) is 0 Å². The highest BCUT2D eigenvalue weighted by Gasteiger charge is 2.38. The fourth-order valence-electron chi connectivity index (χ4n) is 1.66. The summed E-state index contributed by atoms with van der Waals surface area (Å²) in [5.41, 5.74) is 5.80. The van der Waals surface area contributed by atoms with E-state index in [2.05, 4.69) is 25.1 Å². The van der Waals surface area contributed by atoms with Crippen LogP contribution in [0.25, 0.3) is 11.4 Å². The summed E-state index contributed by atoms with van der Waals surface area (Å²) in [7, 11) is 0. The number of nitrogens with one attached hydrogen (secondary N) is 1. The minimum Gasteiger partial charge on any atom is -0.395 e. The number of carbonyl (C=O) groups excluding carboxylic acids is 1. The highest BCUT2D eigenvalue weighted by Crippen LogP contribution is 2.29. The molecule has 0 fully saturated rings. The van der Waals surface area contributed by atoms with Crippen LogP contribution in [0.3, 0.4) is 0 Å². The molecule has 1 amide bonds. The molecular weight excluding hydrogens is 343 g/mol. The number of halogens is 3. The van der Waals surface area contributed by atoms with Crippen LogP contribution in [0.1, 0.15) is 16.2 Å². The van der Waals surface area contributed by atoms with Crippen molar-refractivity contribution in [2.75, 3.05) is 19.7 Å². The van der Waals surface area contributed by atoms with Gasteiger partial charge < -0.3 is 20.4 Å². The molecule has 11 heteroatoms. The molecule has 0 aliphatic rings. The Morgan fingerprint density at radius 2 is 2.08 bits per heavy atom. The summed E-state index contributed by atoms with van der Waals surface area (Å²) in [6.45, 7) is 0.754. The highest BCUT2D eigenvalue weighted by atomic mass is 19.4. The number of carbonyl (C=O) groups is 1. The van der Waals surface area contributed by atoms with Gasteiger partial charge in [0.05, 0.1) is 12.8 Å². The number of nitrogens with zero attached hydrogens (tertiary/aromatic N) is 3. The van der Waals surface area contributed by atoms with Crippen molar-refractivity contribution in [3.05, 3.63) is 35.7 Å². The largest absolute Gasteiger partial charge is 0.471 e. The summed E-state index contributed by atoms with van der Waals surface area (Å²) in [6, 6.07) is 5.68. The maximum Gasteiger partial charge on any atom is 0.471 e. The van der Waals surface area contributed by atoms with Gasteiger partial charge in [0.2, 0.25) is 5.82 Å². The molecule has 1 aromatic heterocycles. The predicted octanol–water partition coefficient (Wildman–Crippen LogP) is 1.45. The summed E-state index contributed by atoms with van der Waals surface area (Å²) in [4.78, 5) is 19.9. The van der Waals surface area contributed by atoms with Crippen molar-refractivity contribution < 1.29 is 27.3 Å². The standard InChI is InChI=1S/C14H14F3N5O3/c15-14(16,17)13-21-11(22-25-13)9-1-3-10(4-2-9)12(23)19-6-7-20-24-8-5-18/h1-4,7H,5-6,8,18H2,(H,19,23). The maximum absolute atomic E-state index is 12.4. The van der Waals surface area contributed by atoms with Crippen molar-refractivity contribution in [3.63, 3.8) is 0 Å². The Balaban J connectivity index is 1.94. The number of rotatable bonds is 7. The lowest BCUT2D eigenvalue weighted by molar-refractivity contribution is -0.159. The fourth-order valence-corrected chi connectivity index (χ4v) is 1.66. The monoisotopic (exact) mass is 357 g/mol. The maximum atomic E-state index is 12.4. The van der Waals surface area contributed by atoms with Gasteiger partial charge in [-0.05, 0) is 12.1 Å². The molecule has 8 nitrogen and oxygen atoms in total. The molecule has 25 heavy (non-hydrogen) atoms. The van der Waals surface area contributed by atoms with E-state index in [1.165, 1.54) is 30.5 Å². The summed E-state index contributed by atoms with van der Waals surface area (Å²) < 4.78 is 41.4. The van der Waals surface area contributed by atoms with Gasteiger partial charge in [-0.2, -0.15) is 18.2 Å². The van der Waals surface area contributed by atoms with E-state index in [9.17, 15) is 18.0 Å². The molecule has 2 aromatic rings. The molecular formula is C14H14F3N5O3. The molecule has 0 unspecified atom stereocenters. The molecule has 1 heterocycles. The quantitative estimate of drug-likeness (QED) is 0.440. The molecule has 0 aliphatic carbocycles. The minimum absolute atomic E-state index is 0.144. The molecule has 0 atom stereocenters. The lowest BCUT2D eigenvalue weighted by Gasteiger charge is -2.02. The first kappa shape index (κ1) is 18.4. The summed E-state index contributed by atoms with van der Waals surface area (Å²) in [5.74, 6) is -2.04. The van der Waals surface area contributed by atoms with E-state index in [0.29, 0.717) is 12.1 Å². The van der Waals surface area contributed by atoms with Crippen molar-refractivity contribution in [1.29, 1.82) is 0 Å². The van der Waals surface area contributed by atoms with Crippen molar-refractivity contribution in [3.8, 4) is 11.4 Å². The van der Waals surface area contributed by atoms with Crippen LogP contribution in [-0.4, -0.2) is 42.0 Å². The van der Waals surface area contributed by atoms with E-state index >= 15 is 0 Å². The third kappa shape index (κ3) is 5.28. The second-order valence-electron chi connectivity index (χ2n) is 4.62. The smallest absolute Gasteiger partial charge is 0.395 e. The Bertz CT molecular complexity index is 728. The lowest BCUT2D eigenvalue weighted by Crippen LogP contribution is -2.25. The SMILES string of the molecule is NCCON=CCNC(=O)c1ccc(-c2noc(C(F)(F)F)n2)cc1. The Morgan fingerprint density at radius 1 is 1.36 bits per heavy atom. The third-order valence-electron chi connectivity index (χ3n) is 2.79. The highest BCUT2D eigenvalue weighted by molar-refractivity contribution is 5.95. The zero-order valence-corrected chi connectivity index (χ0v) is 12.8. The number of benzene rings is 1. The van der Waals surface area contributed by atoms with Crippen LogP contribution in [0.2, 0.25) is 0 Å². The number of alkyl halides is 3. The normalized spacial score (nSPS) is 11.7. The molecule has 0 saturated carbocycles. The Kier molecular flexibility index (Phi) is 6.06. The molecule has 0 aliphatic heterocycles. The summed E-state index contributed by atoms with van der Waals surface area (Å²) in [6.07, 6.45) is -3.35. The van der Waals surface area contributed by atoms with E-state index in [4.69, 9.17) is 10.6 Å². The van der Waals surface area contributed by atoms with Crippen molar-refractivity contribution >= 4 is 12.1 Å². The van der Waals surface area contributed by atoms with E-state index in [1.54, 1.807) is 0 Å². The van der Waals surface area contributed by atoms with Gasteiger partial charge in [-0.15, -0.1) is 0 Å². The van der Waals surface area contributed by atoms with E-state index in [1.807, 2.05) is 0 Å². The van der Waals surface area contributed by atoms with E-state index < -0.39 is 12.1 Å². The van der Waals surface area contributed by atoms with Crippen LogP contribution in [0.4, 0.5) is 13.2 Å². The Hall–Kier alpha value is -2.95. The van der Waals surface area contributed by atoms with Crippen LogP contribution in [0, 0.1) is 0 Å². The molecule has 0 saturated heterocycles. The minimum atomic E-state index is -4.71. The number of nitrogens with two attached hydrogens (primary N) is 1. The molecule has 134 valence electrons. The summed E-state index contributed by atoms with van der Waals surface area (Å²) >= 11 is 0. The number of oxime groups is 1. The first-order valence-corrected chi connectivity index (χ1v) is 7.05. The van der Waals surface area contributed by atoms with Crippen LogP contribution >= 0.6 is 0 Å². The number of hydrogen-bond acceptors (Lipinski definition) is 7. The van der Waals surface area contributed by atoms with Crippen LogP contribution in [0.5, 0.6) is 0 Å². The van der Waals surface area contributed by atoms with Crippen LogP contribution in [0.15, 0.2) is 33.9 Å². The molecule has 0 bridgehead atoms. The lowest BCUT2D eigenvalue weighted by atomic mass is 10.1. The van der Waals surface area contributed by atoms with Gasteiger partial charge in [-0.3, -0.25) is 4.79 Å². The van der Waals surface area contributed by atoms with Gasteiger partial charge in [0.25, 0.3) is 5.91 Å². The van der Waals surface area contributed by atoms with Crippen molar-refractivity contribution in [2.45, 2.75) is 6.18 Å². The van der Waals surface area contributed by atoms with Gasteiger partial charge in [-0.25, -0.2) is 0 Å². The van der Waals surface area contributed by atoms with Crippen molar-refractivity contribution in [2.24, 2.45) is 10.9 Å². The number of aromatic nitrogens is 2. The topological polar surface area (TPSA) is 116 Å². The summed E-state index contributed by atoms with van der Waals surface area (Å²) in [5, 5.41) is 9.39. The Morgan fingerprint density at radius 3 is 2.68 bits per heavy atom. The second-order valence-corrected chi connectivity index (χ2v) is 4.62. The predicted molar refractivity (Wildman–Crippen MR) is 80.6 cm³/mol. The third-order valence-corrected chi connectivity index (χ3v) is 2.79. The van der Waals surface area contributed by atoms with Gasteiger partial charge in [-0.1, -0.05) is 22.4 Å². The first-order chi connectivity index (χ1) is 11.9. The first-order valence-electron chi connectivity index (χ1n) is 7.05. The average molecular weight is 357 g/mol. The zero-order valence-electron chi connectivity index (χ0n) is 12.8. The second kappa shape index (κ2) is 8.24.